The van der Waals surface area contributed by atoms with E-state index in [4.69, 9.17) is 9.47 Å². The average molecular weight is 568 g/mol. The Balaban J connectivity index is 2.52. The molecule has 41 heavy (non-hydrogen) atoms. The van der Waals surface area contributed by atoms with E-state index in [0.717, 1.165) is 16.7 Å². The van der Waals surface area contributed by atoms with E-state index >= 15 is 0 Å². The maximum absolute atomic E-state index is 14.4. The zero-order valence-electron chi connectivity index (χ0n) is 25.6. The summed E-state index contributed by atoms with van der Waals surface area (Å²) < 4.78 is 10.5. The van der Waals surface area contributed by atoms with Gasteiger partial charge in [0.05, 0.1) is 13.0 Å². The molecule has 0 aromatic heterocycles. The van der Waals surface area contributed by atoms with E-state index in [1.807, 2.05) is 76.2 Å². The number of ether oxygens (including phenoxy) is 2. The molecule has 0 aliphatic carbocycles. The molecule has 224 valence electrons. The second-order valence-corrected chi connectivity index (χ2v) is 11.3. The van der Waals surface area contributed by atoms with Crippen molar-refractivity contribution in [3.05, 3.63) is 70.8 Å². The highest BCUT2D eigenvalue weighted by molar-refractivity contribution is 5.93. The van der Waals surface area contributed by atoms with E-state index in [1.54, 1.807) is 27.7 Å². The van der Waals surface area contributed by atoms with Crippen molar-refractivity contribution in [1.82, 2.24) is 15.5 Å². The highest BCUT2D eigenvalue weighted by atomic mass is 16.6. The lowest BCUT2D eigenvalue weighted by Gasteiger charge is -2.38. The number of hydrogen-bond acceptors (Lipinski definition) is 6. The van der Waals surface area contributed by atoms with Gasteiger partial charge in [-0.1, -0.05) is 54.1 Å². The van der Waals surface area contributed by atoms with Crippen molar-refractivity contribution in [2.75, 3.05) is 13.2 Å². The van der Waals surface area contributed by atoms with Crippen LogP contribution >= 0.6 is 0 Å². The van der Waals surface area contributed by atoms with Crippen LogP contribution in [-0.2, 0) is 30.3 Å². The van der Waals surface area contributed by atoms with Crippen LogP contribution in [0.3, 0.4) is 0 Å². The number of nitrogens with one attached hydrogen (secondary N) is 2. The van der Waals surface area contributed by atoms with Crippen LogP contribution in [0, 0.1) is 13.8 Å². The molecule has 0 fully saturated rings. The van der Waals surface area contributed by atoms with E-state index in [9.17, 15) is 19.2 Å². The van der Waals surface area contributed by atoms with Gasteiger partial charge in [-0.05, 0) is 72.1 Å². The van der Waals surface area contributed by atoms with Gasteiger partial charge < -0.3 is 25.0 Å². The van der Waals surface area contributed by atoms with Crippen molar-refractivity contribution in [1.29, 1.82) is 0 Å². The van der Waals surface area contributed by atoms with Gasteiger partial charge in [0.2, 0.25) is 11.8 Å². The second kappa shape index (κ2) is 15.2. The number of aryl methyl sites for hydroxylation is 2. The fraction of sp³-hybridized carbons (Fsp3) is 0.500. The first-order valence-corrected chi connectivity index (χ1v) is 14.1. The summed E-state index contributed by atoms with van der Waals surface area (Å²) in [6.45, 7) is 14.7. The summed E-state index contributed by atoms with van der Waals surface area (Å²) in [7, 11) is 0. The van der Waals surface area contributed by atoms with Gasteiger partial charge in [0.25, 0.3) is 0 Å². The van der Waals surface area contributed by atoms with Crippen LogP contribution in [0.5, 0.6) is 0 Å². The first kappa shape index (κ1) is 33.3. The van der Waals surface area contributed by atoms with Crippen molar-refractivity contribution >= 4 is 23.9 Å². The largest absolute Gasteiger partial charge is 0.466 e. The summed E-state index contributed by atoms with van der Waals surface area (Å²) >= 11 is 0. The maximum atomic E-state index is 14.4. The molecule has 2 unspecified atom stereocenters. The van der Waals surface area contributed by atoms with E-state index in [1.165, 1.54) is 4.90 Å². The number of benzene rings is 2. The molecule has 0 saturated heterocycles. The fourth-order valence-electron chi connectivity index (χ4n) is 4.45. The van der Waals surface area contributed by atoms with Crippen molar-refractivity contribution in [3.63, 3.8) is 0 Å². The topological polar surface area (TPSA) is 114 Å². The molecule has 2 rings (SSSR count). The van der Waals surface area contributed by atoms with Crippen molar-refractivity contribution in [3.8, 4) is 0 Å². The van der Waals surface area contributed by atoms with E-state index in [-0.39, 0.29) is 26.0 Å². The standard InChI is InChI=1S/C32H45N3O6/c1-9-40-27(36)17-18-33-29(37)28(25-19-22(4)15-16-23(25)5)35(21(2)3)30(38)26(20-24-13-11-10-12-14-24)34-31(39)41-32(6,7)8/h10-16,19,21,26,28H,9,17-18,20H2,1-8H3,(H,33,37)(H,34,39). The minimum Gasteiger partial charge on any atom is -0.466 e. The van der Waals surface area contributed by atoms with Crippen molar-refractivity contribution < 1.29 is 28.7 Å². The lowest BCUT2D eigenvalue weighted by atomic mass is 9.94. The molecule has 2 atom stereocenters. The number of carbonyl (C=O) groups is 4. The average Bonchev–Trinajstić information content (AvgIpc) is 2.87. The van der Waals surface area contributed by atoms with Gasteiger partial charge in [-0.2, -0.15) is 0 Å². The number of alkyl carbamates (subject to hydrolysis) is 1. The molecule has 2 aromatic carbocycles. The predicted octanol–water partition coefficient (Wildman–Crippen LogP) is 4.79. The zero-order chi connectivity index (χ0) is 30.7. The van der Waals surface area contributed by atoms with Gasteiger partial charge >= 0.3 is 12.1 Å². The van der Waals surface area contributed by atoms with Crippen LogP contribution in [0.4, 0.5) is 4.79 Å². The summed E-state index contributed by atoms with van der Waals surface area (Å²) in [6, 6.07) is 12.7. The third kappa shape index (κ3) is 10.6. The molecule has 3 amide bonds. The van der Waals surface area contributed by atoms with Gasteiger partial charge in [0.1, 0.15) is 17.7 Å². The zero-order valence-corrected chi connectivity index (χ0v) is 25.6. The predicted molar refractivity (Wildman–Crippen MR) is 158 cm³/mol. The number of carbonyl (C=O) groups excluding carboxylic acids is 4. The van der Waals surface area contributed by atoms with Gasteiger partial charge in [-0.3, -0.25) is 14.4 Å². The molecule has 0 heterocycles. The number of nitrogens with zero attached hydrogens (tertiary/aromatic N) is 1. The highest BCUT2D eigenvalue weighted by Crippen LogP contribution is 2.29. The van der Waals surface area contributed by atoms with E-state index < -0.39 is 47.6 Å². The van der Waals surface area contributed by atoms with Crippen LogP contribution in [-0.4, -0.2) is 59.6 Å². The summed E-state index contributed by atoms with van der Waals surface area (Å²) in [5.74, 6) is -1.28. The number of esters is 1. The molecular weight excluding hydrogens is 522 g/mol. The van der Waals surface area contributed by atoms with Crippen LogP contribution in [0.25, 0.3) is 0 Å². The molecule has 0 saturated carbocycles. The Morgan fingerprint density at radius 3 is 2.22 bits per heavy atom. The Bertz CT molecular complexity index is 1190. The molecule has 0 spiro atoms. The smallest absolute Gasteiger partial charge is 0.408 e. The van der Waals surface area contributed by atoms with Gasteiger partial charge in [0, 0.05) is 19.0 Å². The third-order valence-electron chi connectivity index (χ3n) is 6.27. The summed E-state index contributed by atoms with van der Waals surface area (Å²) in [4.78, 5) is 54.4. The van der Waals surface area contributed by atoms with Crippen LogP contribution in [0.15, 0.2) is 48.5 Å². The molecule has 9 nitrogen and oxygen atoms in total. The van der Waals surface area contributed by atoms with E-state index in [0.29, 0.717) is 5.56 Å². The quantitative estimate of drug-likeness (QED) is 0.357. The van der Waals surface area contributed by atoms with Gasteiger partial charge in [0.15, 0.2) is 0 Å². The molecule has 2 N–H and O–H groups in total. The molecule has 0 radical (unpaired) electrons. The lowest BCUT2D eigenvalue weighted by molar-refractivity contribution is -0.145. The third-order valence-corrected chi connectivity index (χ3v) is 6.27. The van der Waals surface area contributed by atoms with Crippen molar-refractivity contribution in [2.24, 2.45) is 0 Å². The summed E-state index contributed by atoms with van der Waals surface area (Å²) in [5, 5.41) is 5.58. The Labute approximate surface area is 244 Å². The normalized spacial score (nSPS) is 12.7. The monoisotopic (exact) mass is 567 g/mol. The number of amides is 3. The SMILES string of the molecule is CCOC(=O)CCNC(=O)C(c1cc(C)ccc1C)N(C(=O)C(Cc1ccccc1)NC(=O)OC(C)(C)C)C(C)C. The first-order valence-electron chi connectivity index (χ1n) is 14.1. The first-order chi connectivity index (χ1) is 19.2. The highest BCUT2D eigenvalue weighted by Gasteiger charge is 2.38. The molecule has 9 heteroatoms. The minimum atomic E-state index is -1.01. The lowest BCUT2D eigenvalue weighted by Crippen LogP contribution is -2.56. The molecular formula is C32H45N3O6. The van der Waals surface area contributed by atoms with Gasteiger partial charge in [-0.25, -0.2) is 4.79 Å². The summed E-state index contributed by atoms with van der Waals surface area (Å²) in [5.41, 5.74) is 2.50. The number of rotatable bonds is 12. The van der Waals surface area contributed by atoms with E-state index in [2.05, 4.69) is 10.6 Å². The Kier molecular flexibility index (Phi) is 12.4. The van der Waals surface area contributed by atoms with Crippen molar-refractivity contribution in [2.45, 2.75) is 92.0 Å². The number of hydrogen-bond donors (Lipinski definition) is 2. The van der Waals surface area contributed by atoms with Crippen LogP contribution in [0.1, 0.15) is 76.3 Å². The molecule has 0 bridgehead atoms. The van der Waals surface area contributed by atoms with Crippen LogP contribution < -0.4 is 10.6 Å². The van der Waals surface area contributed by atoms with Gasteiger partial charge in [-0.15, -0.1) is 0 Å². The Morgan fingerprint density at radius 1 is 0.976 bits per heavy atom. The second-order valence-electron chi connectivity index (χ2n) is 11.3. The van der Waals surface area contributed by atoms with Crippen LogP contribution in [0.2, 0.25) is 0 Å². The Hall–Kier alpha value is -3.88. The molecule has 2 aromatic rings. The Morgan fingerprint density at radius 2 is 1.63 bits per heavy atom. The molecule has 0 aliphatic heterocycles. The summed E-state index contributed by atoms with van der Waals surface area (Å²) in [6.07, 6.45) is -0.518. The molecule has 0 aliphatic rings. The maximum Gasteiger partial charge on any atom is 0.408 e. The fourth-order valence-corrected chi connectivity index (χ4v) is 4.45. The minimum absolute atomic E-state index is 0.00551.